The van der Waals surface area contributed by atoms with E-state index < -0.39 is 14.9 Å². The van der Waals surface area contributed by atoms with Gasteiger partial charge in [-0.15, -0.1) is 0 Å². The highest BCUT2D eigenvalue weighted by Crippen LogP contribution is 2.29. The minimum Gasteiger partial charge on any atom is -0.303 e. The summed E-state index contributed by atoms with van der Waals surface area (Å²) < 4.78 is 27.6. The first-order chi connectivity index (χ1) is 12.4. The molecule has 1 heterocycles. The molecule has 1 aliphatic heterocycles. The molecule has 1 saturated heterocycles. The van der Waals surface area contributed by atoms with E-state index in [4.69, 9.17) is 0 Å². The van der Waals surface area contributed by atoms with Crippen LogP contribution in [0.1, 0.15) is 17.2 Å². The van der Waals surface area contributed by atoms with Crippen molar-refractivity contribution in [3.05, 3.63) is 75.8 Å². The van der Waals surface area contributed by atoms with Gasteiger partial charge in [-0.1, -0.05) is 42.5 Å². The molecule has 1 atom stereocenters. The molecule has 0 amide bonds. The summed E-state index contributed by atoms with van der Waals surface area (Å²) >= 11 is 0. The van der Waals surface area contributed by atoms with Crippen molar-refractivity contribution >= 4 is 15.7 Å². The van der Waals surface area contributed by atoms with Crippen molar-refractivity contribution in [3.63, 3.8) is 0 Å². The van der Waals surface area contributed by atoms with Crippen molar-refractivity contribution in [2.24, 2.45) is 0 Å². The van der Waals surface area contributed by atoms with E-state index in [9.17, 15) is 18.5 Å². The second-order valence-corrected chi connectivity index (χ2v) is 8.40. The molecule has 2 aromatic carbocycles. The van der Waals surface area contributed by atoms with E-state index in [1.165, 1.54) is 24.3 Å². The first kappa shape index (κ1) is 18.5. The molecular formula is C18H21N3O4S. The normalized spacial score (nSPS) is 19.3. The molecule has 1 aliphatic rings. The van der Waals surface area contributed by atoms with Crippen molar-refractivity contribution in [1.29, 1.82) is 0 Å². The van der Waals surface area contributed by atoms with Gasteiger partial charge in [0.1, 0.15) is 0 Å². The van der Waals surface area contributed by atoms with Crippen molar-refractivity contribution in [2.75, 3.05) is 26.7 Å². The molecule has 7 nitrogen and oxygen atoms in total. The van der Waals surface area contributed by atoms with E-state index in [1.807, 2.05) is 37.4 Å². The molecule has 0 bridgehead atoms. The zero-order valence-corrected chi connectivity index (χ0v) is 15.3. The van der Waals surface area contributed by atoms with Gasteiger partial charge in [0.2, 0.25) is 10.0 Å². The second-order valence-electron chi connectivity index (χ2n) is 6.48. The number of rotatable bonds is 5. The summed E-state index contributed by atoms with van der Waals surface area (Å²) in [6.07, 6.45) is 0. The summed E-state index contributed by atoms with van der Waals surface area (Å²) in [5.41, 5.74) is 1.46. The van der Waals surface area contributed by atoms with Gasteiger partial charge in [0, 0.05) is 31.8 Å². The lowest BCUT2D eigenvalue weighted by atomic mass is 10.1. The number of hydrogen-bond donors (Lipinski definition) is 0. The minimum atomic E-state index is -3.55. The minimum absolute atomic E-state index is 0.0482. The Kier molecular flexibility index (Phi) is 5.36. The van der Waals surface area contributed by atoms with Crippen LogP contribution in [0.3, 0.4) is 0 Å². The van der Waals surface area contributed by atoms with E-state index in [1.54, 1.807) is 4.31 Å². The molecule has 2 aromatic rings. The molecule has 8 heteroatoms. The Morgan fingerprint density at radius 3 is 2.35 bits per heavy atom. The van der Waals surface area contributed by atoms with Crippen LogP contribution >= 0.6 is 0 Å². The Bertz CT molecular complexity index is 869. The topological polar surface area (TPSA) is 83.8 Å². The smallest absolute Gasteiger partial charge is 0.269 e. The van der Waals surface area contributed by atoms with E-state index in [0.717, 1.165) is 5.56 Å². The fourth-order valence-electron chi connectivity index (χ4n) is 3.19. The summed E-state index contributed by atoms with van der Waals surface area (Å²) in [6, 6.07) is 15.1. The maximum absolute atomic E-state index is 13.0. The zero-order valence-electron chi connectivity index (χ0n) is 14.5. The highest BCUT2D eigenvalue weighted by atomic mass is 32.2. The average molecular weight is 375 g/mol. The summed E-state index contributed by atoms with van der Waals surface area (Å²) in [5.74, 6) is -0.169. The van der Waals surface area contributed by atoms with E-state index in [-0.39, 0.29) is 17.5 Å². The van der Waals surface area contributed by atoms with E-state index >= 15 is 0 Å². The zero-order chi connectivity index (χ0) is 18.7. The second kappa shape index (κ2) is 7.53. The fraction of sp³-hybridized carbons (Fsp3) is 0.333. The lowest BCUT2D eigenvalue weighted by molar-refractivity contribution is -0.384. The maximum Gasteiger partial charge on any atom is 0.269 e. The number of hydrogen-bond acceptors (Lipinski definition) is 5. The number of non-ortho nitro benzene ring substituents is 1. The molecule has 0 N–H and O–H groups in total. The van der Waals surface area contributed by atoms with Gasteiger partial charge in [0.15, 0.2) is 0 Å². The molecule has 138 valence electrons. The molecule has 0 radical (unpaired) electrons. The summed E-state index contributed by atoms with van der Waals surface area (Å²) in [4.78, 5) is 12.4. The van der Waals surface area contributed by atoms with Gasteiger partial charge in [-0.05, 0) is 18.2 Å². The predicted octanol–water partition coefficient (Wildman–Crippen LogP) is 2.41. The van der Waals surface area contributed by atoms with Crippen molar-refractivity contribution < 1.29 is 13.3 Å². The number of nitro benzene ring substituents is 1. The third-order valence-corrected chi connectivity index (χ3v) is 6.42. The van der Waals surface area contributed by atoms with Gasteiger partial charge in [0.05, 0.1) is 16.7 Å². The highest BCUT2D eigenvalue weighted by Gasteiger charge is 2.35. The third-order valence-electron chi connectivity index (χ3n) is 4.57. The Morgan fingerprint density at radius 2 is 1.73 bits per heavy atom. The highest BCUT2D eigenvalue weighted by molar-refractivity contribution is 7.88. The monoisotopic (exact) mass is 375 g/mol. The van der Waals surface area contributed by atoms with Crippen LogP contribution in [0, 0.1) is 10.1 Å². The number of piperazine rings is 1. The van der Waals surface area contributed by atoms with E-state index in [0.29, 0.717) is 25.2 Å². The van der Waals surface area contributed by atoms with Crippen LogP contribution in [0.15, 0.2) is 54.6 Å². The van der Waals surface area contributed by atoms with Crippen LogP contribution in [-0.4, -0.2) is 49.2 Å². The number of sulfonamides is 1. The van der Waals surface area contributed by atoms with Crippen LogP contribution in [-0.2, 0) is 15.8 Å². The van der Waals surface area contributed by atoms with Gasteiger partial charge in [0.25, 0.3) is 5.69 Å². The van der Waals surface area contributed by atoms with Crippen LogP contribution in [0.5, 0.6) is 0 Å². The third kappa shape index (κ3) is 4.09. The Morgan fingerprint density at radius 1 is 1.08 bits per heavy atom. The Labute approximate surface area is 153 Å². The van der Waals surface area contributed by atoms with Crippen molar-refractivity contribution in [3.8, 4) is 0 Å². The van der Waals surface area contributed by atoms with Gasteiger partial charge in [-0.3, -0.25) is 10.1 Å². The number of nitrogens with zero attached hydrogens (tertiary/aromatic N) is 3. The summed E-state index contributed by atoms with van der Waals surface area (Å²) in [6.45, 7) is 1.72. The molecule has 3 rings (SSSR count). The molecule has 0 aliphatic carbocycles. The van der Waals surface area contributed by atoms with Crippen LogP contribution < -0.4 is 0 Å². The largest absolute Gasteiger partial charge is 0.303 e. The van der Waals surface area contributed by atoms with Gasteiger partial charge >= 0.3 is 0 Å². The van der Waals surface area contributed by atoms with E-state index in [2.05, 4.69) is 4.90 Å². The first-order valence-corrected chi connectivity index (χ1v) is 9.94. The molecule has 0 unspecified atom stereocenters. The van der Waals surface area contributed by atoms with Gasteiger partial charge in [-0.2, -0.15) is 4.31 Å². The number of nitro groups is 1. The van der Waals surface area contributed by atoms with Gasteiger partial charge < -0.3 is 4.90 Å². The SMILES string of the molecule is CN1CCN(S(=O)(=O)Cc2ccc([N+](=O)[O-])cc2)[C@H](c2ccccc2)C1. The standard InChI is InChI=1S/C18H21N3O4S/c1-19-11-12-20(18(13-19)16-5-3-2-4-6-16)26(24,25)14-15-7-9-17(10-8-15)21(22)23/h2-10,18H,11-14H2,1H3/t18-/m0/s1. The fourth-order valence-corrected chi connectivity index (χ4v) is 4.91. The summed E-state index contributed by atoms with van der Waals surface area (Å²) in [5, 5.41) is 10.7. The molecule has 1 fully saturated rings. The molecular weight excluding hydrogens is 354 g/mol. The van der Waals surface area contributed by atoms with Gasteiger partial charge in [-0.25, -0.2) is 8.42 Å². The van der Waals surface area contributed by atoms with Crippen molar-refractivity contribution in [1.82, 2.24) is 9.21 Å². The Balaban J connectivity index is 1.85. The molecule has 0 spiro atoms. The van der Waals surface area contributed by atoms with Crippen molar-refractivity contribution in [2.45, 2.75) is 11.8 Å². The quantitative estimate of drug-likeness (QED) is 0.592. The lowest BCUT2D eigenvalue weighted by Gasteiger charge is -2.39. The first-order valence-electron chi connectivity index (χ1n) is 8.33. The molecule has 0 saturated carbocycles. The van der Waals surface area contributed by atoms with Crippen LogP contribution in [0.25, 0.3) is 0 Å². The van der Waals surface area contributed by atoms with Crippen LogP contribution in [0.4, 0.5) is 5.69 Å². The number of likely N-dealkylation sites (N-methyl/N-ethyl adjacent to an activating group) is 1. The summed E-state index contributed by atoms with van der Waals surface area (Å²) in [7, 11) is -1.57. The number of benzene rings is 2. The lowest BCUT2D eigenvalue weighted by Crippen LogP contribution is -2.49. The predicted molar refractivity (Wildman–Crippen MR) is 99.1 cm³/mol. The maximum atomic E-state index is 13.0. The average Bonchev–Trinajstić information content (AvgIpc) is 2.62. The van der Waals surface area contributed by atoms with Crippen LogP contribution in [0.2, 0.25) is 0 Å². The molecule has 0 aromatic heterocycles. The Hall–Kier alpha value is -2.29. The molecule has 26 heavy (non-hydrogen) atoms.